The molecule has 1 heterocycles. The molecule has 21 heavy (non-hydrogen) atoms. The molecule has 0 saturated carbocycles. The number of nitrogens with one attached hydrogen (secondary N) is 1. The van der Waals surface area contributed by atoms with E-state index < -0.39 is 0 Å². The number of nitrogens with two attached hydrogens (primary N) is 1. The van der Waals surface area contributed by atoms with Gasteiger partial charge in [-0.25, -0.2) is 0 Å². The van der Waals surface area contributed by atoms with E-state index >= 15 is 0 Å². The van der Waals surface area contributed by atoms with Crippen LogP contribution in [0.4, 0.5) is 5.69 Å². The highest BCUT2D eigenvalue weighted by Gasteiger charge is 2.08. The zero-order chi connectivity index (χ0) is 15.1. The van der Waals surface area contributed by atoms with Crippen LogP contribution >= 0.6 is 12.2 Å². The van der Waals surface area contributed by atoms with Crippen molar-refractivity contribution < 1.29 is 13.9 Å². The normalized spacial score (nSPS) is 10.3. The van der Waals surface area contributed by atoms with Crippen LogP contribution in [0, 0.1) is 0 Å². The molecule has 0 radical (unpaired) electrons. The Morgan fingerprint density at radius 3 is 2.81 bits per heavy atom. The molecule has 110 valence electrons. The Bertz CT molecular complexity index is 611. The maximum atomic E-state index is 11.8. The van der Waals surface area contributed by atoms with Crippen LogP contribution in [0.15, 0.2) is 47.1 Å². The number of thiocarbonyl (C=S) groups is 1. The van der Waals surface area contributed by atoms with E-state index in [1.165, 1.54) is 0 Å². The lowest BCUT2D eigenvalue weighted by molar-refractivity contribution is -0.117. The summed E-state index contributed by atoms with van der Waals surface area (Å²) in [6.07, 6.45) is 1.82. The van der Waals surface area contributed by atoms with Gasteiger partial charge in [-0.15, -0.1) is 0 Å². The van der Waals surface area contributed by atoms with Crippen molar-refractivity contribution >= 4 is 28.8 Å². The maximum Gasteiger partial charge on any atom is 0.226 e. The first-order chi connectivity index (χ1) is 10.2. The summed E-state index contributed by atoms with van der Waals surface area (Å²) >= 11 is 4.95. The highest BCUT2D eigenvalue weighted by molar-refractivity contribution is 7.80. The van der Waals surface area contributed by atoms with Crippen molar-refractivity contribution in [1.29, 1.82) is 0 Å². The van der Waals surface area contributed by atoms with Crippen molar-refractivity contribution in [3.8, 4) is 0 Å². The lowest BCUT2D eigenvalue weighted by Gasteiger charge is -2.09. The van der Waals surface area contributed by atoms with Crippen molar-refractivity contribution in [2.45, 2.75) is 13.0 Å². The van der Waals surface area contributed by atoms with Gasteiger partial charge in [0.05, 0.1) is 25.0 Å². The van der Waals surface area contributed by atoms with Crippen LogP contribution in [-0.4, -0.2) is 17.5 Å². The highest BCUT2D eigenvalue weighted by atomic mass is 32.1. The standard InChI is InChI=1S/C15H16N2O3S/c16-15(21)12-5-1-2-6-13(12)17-14(18)7-9-19-10-11-4-3-8-20-11/h1-6,8H,7,9-10H2,(H2,16,21)(H,17,18). The lowest BCUT2D eigenvalue weighted by atomic mass is 10.1. The van der Waals surface area contributed by atoms with Gasteiger partial charge in [0.25, 0.3) is 0 Å². The van der Waals surface area contributed by atoms with E-state index in [-0.39, 0.29) is 17.3 Å². The summed E-state index contributed by atoms with van der Waals surface area (Å²) in [4.78, 5) is 12.1. The van der Waals surface area contributed by atoms with E-state index in [1.54, 1.807) is 24.5 Å². The molecule has 1 aromatic carbocycles. The molecule has 0 spiro atoms. The first-order valence-electron chi connectivity index (χ1n) is 6.45. The number of para-hydroxylation sites is 1. The number of carbonyl (C=O) groups is 1. The van der Waals surface area contributed by atoms with Crippen molar-refractivity contribution in [1.82, 2.24) is 0 Å². The molecular formula is C15H16N2O3S. The number of hydrogen-bond donors (Lipinski definition) is 2. The van der Waals surface area contributed by atoms with Crippen molar-refractivity contribution in [2.75, 3.05) is 11.9 Å². The van der Waals surface area contributed by atoms with Crippen LogP contribution < -0.4 is 11.1 Å². The molecule has 5 nitrogen and oxygen atoms in total. The average molecular weight is 304 g/mol. The Morgan fingerprint density at radius 1 is 1.29 bits per heavy atom. The quantitative estimate of drug-likeness (QED) is 0.607. The summed E-state index contributed by atoms with van der Waals surface area (Å²) in [5.41, 5.74) is 6.87. The minimum Gasteiger partial charge on any atom is -0.467 e. The third-order valence-corrected chi connectivity index (χ3v) is 2.98. The summed E-state index contributed by atoms with van der Waals surface area (Å²) in [5, 5.41) is 2.78. The number of furan rings is 1. The number of anilines is 1. The second kappa shape index (κ2) is 7.56. The number of hydrogen-bond acceptors (Lipinski definition) is 4. The largest absolute Gasteiger partial charge is 0.467 e. The Hall–Kier alpha value is -2.18. The van der Waals surface area contributed by atoms with Crippen molar-refractivity contribution in [3.63, 3.8) is 0 Å². The number of carbonyl (C=O) groups excluding carboxylic acids is 1. The topological polar surface area (TPSA) is 77.5 Å². The first-order valence-corrected chi connectivity index (χ1v) is 6.86. The van der Waals surface area contributed by atoms with Crippen LogP contribution in [0.25, 0.3) is 0 Å². The van der Waals surface area contributed by atoms with E-state index in [4.69, 9.17) is 27.1 Å². The monoisotopic (exact) mass is 304 g/mol. The zero-order valence-corrected chi connectivity index (χ0v) is 12.2. The van der Waals surface area contributed by atoms with Gasteiger partial charge in [0.15, 0.2) is 0 Å². The van der Waals surface area contributed by atoms with Gasteiger partial charge >= 0.3 is 0 Å². The van der Waals surface area contributed by atoms with Crippen LogP contribution in [0.3, 0.4) is 0 Å². The first kappa shape index (κ1) is 15.2. The van der Waals surface area contributed by atoms with E-state index in [1.807, 2.05) is 18.2 Å². The molecule has 2 aromatic rings. The molecule has 0 unspecified atom stereocenters. The van der Waals surface area contributed by atoms with E-state index in [0.717, 1.165) is 5.76 Å². The van der Waals surface area contributed by atoms with Gasteiger partial charge in [0.1, 0.15) is 17.4 Å². The number of amides is 1. The molecule has 2 rings (SSSR count). The molecule has 0 bridgehead atoms. The van der Waals surface area contributed by atoms with E-state index in [2.05, 4.69) is 5.32 Å². The SMILES string of the molecule is NC(=S)c1ccccc1NC(=O)CCOCc1ccco1. The predicted octanol–water partition coefficient (Wildman–Crippen LogP) is 2.46. The van der Waals surface area contributed by atoms with Gasteiger partial charge in [0, 0.05) is 5.56 Å². The molecule has 3 N–H and O–H groups in total. The Morgan fingerprint density at radius 2 is 2.10 bits per heavy atom. The van der Waals surface area contributed by atoms with Gasteiger partial charge < -0.3 is 20.2 Å². The molecular weight excluding hydrogens is 288 g/mol. The van der Waals surface area contributed by atoms with E-state index in [0.29, 0.717) is 24.5 Å². The average Bonchev–Trinajstić information content (AvgIpc) is 2.97. The van der Waals surface area contributed by atoms with E-state index in [9.17, 15) is 4.79 Å². The minimum absolute atomic E-state index is 0.154. The second-order valence-corrected chi connectivity index (χ2v) is 4.78. The van der Waals surface area contributed by atoms with Gasteiger partial charge in [-0.2, -0.15) is 0 Å². The van der Waals surface area contributed by atoms with Crippen LogP contribution in [-0.2, 0) is 16.1 Å². The molecule has 1 aromatic heterocycles. The molecule has 0 saturated heterocycles. The number of rotatable bonds is 7. The van der Waals surface area contributed by atoms with Gasteiger partial charge in [0.2, 0.25) is 5.91 Å². The fourth-order valence-electron chi connectivity index (χ4n) is 1.75. The van der Waals surface area contributed by atoms with Crippen molar-refractivity contribution in [2.24, 2.45) is 5.73 Å². The van der Waals surface area contributed by atoms with Gasteiger partial charge in [-0.05, 0) is 24.3 Å². The molecule has 0 aliphatic rings. The van der Waals surface area contributed by atoms with Crippen LogP contribution in [0.1, 0.15) is 17.7 Å². The third kappa shape index (κ3) is 4.70. The maximum absolute atomic E-state index is 11.8. The predicted molar refractivity (Wildman–Crippen MR) is 83.9 cm³/mol. The summed E-state index contributed by atoms with van der Waals surface area (Å²) in [6, 6.07) is 10.8. The number of benzene rings is 1. The van der Waals surface area contributed by atoms with Crippen LogP contribution in [0.2, 0.25) is 0 Å². The Kier molecular flexibility index (Phi) is 5.48. The number of ether oxygens (including phenoxy) is 1. The molecule has 6 heteroatoms. The molecule has 0 fully saturated rings. The summed E-state index contributed by atoms with van der Waals surface area (Å²) in [7, 11) is 0. The fraction of sp³-hybridized carbons (Fsp3) is 0.200. The molecule has 0 aliphatic heterocycles. The Balaban J connectivity index is 1.78. The smallest absolute Gasteiger partial charge is 0.226 e. The lowest BCUT2D eigenvalue weighted by Crippen LogP contribution is -2.18. The highest BCUT2D eigenvalue weighted by Crippen LogP contribution is 2.15. The summed E-state index contributed by atoms with van der Waals surface area (Å²) < 4.78 is 10.5. The molecule has 0 atom stereocenters. The molecule has 1 amide bonds. The zero-order valence-electron chi connectivity index (χ0n) is 11.4. The minimum atomic E-state index is -0.154. The molecule has 0 aliphatic carbocycles. The van der Waals surface area contributed by atoms with Gasteiger partial charge in [-0.3, -0.25) is 4.79 Å². The fourth-order valence-corrected chi connectivity index (χ4v) is 1.93. The van der Waals surface area contributed by atoms with Crippen LogP contribution in [0.5, 0.6) is 0 Å². The van der Waals surface area contributed by atoms with Crippen molar-refractivity contribution in [3.05, 3.63) is 54.0 Å². The summed E-state index contributed by atoms with van der Waals surface area (Å²) in [5.74, 6) is 0.576. The van der Waals surface area contributed by atoms with Gasteiger partial charge in [-0.1, -0.05) is 24.4 Å². The Labute approximate surface area is 128 Å². The third-order valence-electron chi connectivity index (χ3n) is 2.76. The second-order valence-electron chi connectivity index (χ2n) is 4.34. The summed E-state index contributed by atoms with van der Waals surface area (Å²) in [6.45, 7) is 0.658.